The van der Waals surface area contributed by atoms with Crippen LogP contribution in [0.5, 0.6) is 0 Å². The second kappa shape index (κ2) is 6.16. The molecule has 1 atom stereocenters. The maximum atomic E-state index is 14.0. The molecule has 118 valence electrons. The molecule has 0 aromatic heterocycles. The fourth-order valence-corrected chi connectivity index (χ4v) is 3.63. The van der Waals surface area contributed by atoms with Gasteiger partial charge in [-0.3, -0.25) is 9.59 Å². The summed E-state index contributed by atoms with van der Waals surface area (Å²) in [7, 11) is 0. The number of anilines is 1. The van der Waals surface area contributed by atoms with Gasteiger partial charge in [0.05, 0.1) is 17.5 Å². The summed E-state index contributed by atoms with van der Waals surface area (Å²) in [5.41, 5.74) is 1.68. The Morgan fingerprint density at radius 1 is 1.26 bits per heavy atom. The minimum absolute atomic E-state index is 0.0605. The first-order valence-corrected chi connectivity index (χ1v) is 8.22. The van der Waals surface area contributed by atoms with Crippen molar-refractivity contribution in [1.82, 2.24) is 0 Å². The smallest absolute Gasteiger partial charge is 0.240 e. The number of carbonyl (C=O) groups is 2. The minimum atomic E-state index is -0.338. The van der Waals surface area contributed by atoms with E-state index in [1.165, 1.54) is 24.8 Å². The highest BCUT2D eigenvalue weighted by molar-refractivity contribution is 8.00. The number of carbonyl (C=O) groups excluding carboxylic acids is 2. The summed E-state index contributed by atoms with van der Waals surface area (Å²) in [5.74, 6) is -0.475. The van der Waals surface area contributed by atoms with Crippen LogP contribution in [0.4, 0.5) is 10.1 Å². The van der Waals surface area contributed by atoms with Crippen molar-refractivity contribution in [2.24, 2.45) is 0 Å². The lowest BCUT2D eigenvalue weighted by Crippen LogP contribution is -2.39. The number of fused-ring (bicyclic) bond motifs is 1. The highest BCUT2D eigenvalue weighted by atomic mass is 32.2. The topological polar surface area (TPSA) is 37.4 Å². The van der Waals surface area contributed by atoms with E-state index in [4.69, 9.17) is 0 Å². The van der Waals surface area contributed by atoms with E-state index in [1.54, 1.807) is 35.2 Å². The van der Waals surface area contributed by atoms with Gasteiger partial charge in [0.25, 0.3) is 0 Å². The zero-order valence-corrected chi connectivity index (χ0v) is 13.7. The maximum Gasteiger partial charge on any atom is 0.240 e. The molecule has 5 heteroatoms. The molecule has 0 spiro atoms. The maximum absolute atomic E-state index is 14.0. The second-order valence-electron chi connectivity index (χ2n) is 5.51. The average molecular weight is 329 g/mol. The number of halogens is 1. The standard InChI is InChI=1S/C18H16FNO2S/c1-11(21)13-7-8-17-16(9-13)20(18(22)12(2)23-17)10-14-5-3-4-6-15(14)19/h3-9,12H,10H2,1-2H3. The van der Waals surface area contributed by atoms with Gasteiger partial charge in [-0.1, -0.05) is 24.3 Å². The highest BCUT2D eigenvalue weighted by Gasteiger charge is 2.31. The highest BCUT2D eigenvalue weighted by Crippen LogP contribution is 2.40. The first-order valence-electron chi connectivity index (χ1n) is 7.34. The summed E-state index contributed by atoms with van der Waals surface area (Å²) in [4.78, 5) is 26.7. The molecule has 0 bridgehead atoms. The molecule has 0 aliphatic carbocycles. The summed E-state index contributed by atoms with van der Waals surface area (Å²) in [6.07, 6.45) is 0. The van der Waals surface area contributed by atoms with Crippen LogP contribution < -0.4 is 4.90 Å². The number of hydrogen-bond acceptors (Lipinski definition) is 3. The van der Waals surface area contributed by atoms with Crippen LogP contribution >= 0.6 is 11.8 Å². The summed E-state index contributed by atoms with van der Waals surface area (Å²) in [6, 6.07) is 11.8. The van der Waals surface area contributed by atoms with E-state index in [-0.39, 0.29) is 29.3 Å². The molecule has 1 unspecified atom stereocenters. The third kappa shape index (κ3) is 3.01. The monoisotopic (exact) mass is 329 g/mol. The van der Waals surface area contributed by atoms with Crippen molar-refractivity contribution in [2.45, 2.75) is 30.5 Å². The average Bonchev–Trinajstić information content (AvgIpc) is 2.53. The quantitative estimate of drug-likeness (QED) is 0.797. The molecule has 0 saturated carbocycles. The Kier molecular flexibility index (Phi) is 4.22. The summed E-state index contributed by atoms with van der Waals surface area (Å²) < 4.78 is 14.0. The van der Waals surface area contributed by atoms with Gasteiger partial charge in [-0.15, -0.1) is 11.8 Å². The number of benzene rings is 2. The number of nitrogens with zero attached hydrogens (tertiary/aromatic N) is 1. The zero-order valence-electron chi connectivity index (χ0n) is 12.9. The Hall–Kier alpha value is -2.14. The van der Waals surface area contributed by atoms with Gasteiger partial charge in [0, 0.05) is 16.0 Å². The first-order chi connectivity index (χ1) is 11.0. The van der Waals surface area contributed by atoms with Gasteiger partial charge in [-0.25, -0.2) is 4.39 Å². The molecule has 1 amide bonds. The van der Waals surface area contributed by atoms with Crippen molar-refractivity contribution in [3.63, 3.8) is 0 Å². The molecule has 0 N–H and O–H groups in total. The van der Waals surface area contributed by atoms with Gasteiger partial charge in [-0.2, -0.15) is 0 Å². The fraction of sp³-hybridized carbons (Fsp3) is 0.222. The second-order valence-corrected chi connectivity index (χ2v) is 6.90. The third-order valence-corrected chi connectivity index (χ3v) is 5.01. The third-order valence-electron chi connectivity index (χ3n) is 3.86. The van der Waals surface area contributed by atoms with Crippen LogP contribution in [0, 0.1) is 5.82 Å². The summed E-state index contributed by atoms with van der Waals surface area (Å²) >= 11 is 1.46. The number of Topliss-reactive ketones (excluding diaryl/α,β-unsaturated/α-hetero) is 1. The van der Waals surface area contributed by atoms with Crippen molar-refractivity contribution < 1.29 is 14.0 Å². The van der Waals surface area contributed by atoms with Gasteiger partial charge >= 0.3 is 0 Å². The van der Waals surface area contributed by atoms with Crippen molar-refractivity contribution in [3.05, 3.63) is 59.4 Å². The number of amides is 1. The van der Waals surface area contributed by atoms with E-state index >= 15 is 0 Å². The summed E-state index contributed by atoms with van der Waals surface area (Å²) in [6.45, 7) is 3.48. The molecular formula is C18H16FNO2S. The molecular weight excluding hydrogens is 313 g/mol. The lowest BCUT2D eigenvalue weighted by Gasteiger charge is -2.32. The minimum Gasteiger partial charge on any atom is -0.306 e. The molecule has 0 saturated heterocycles. The van der Waals surface area contributed by atoms with Crippen LogP contribution in [0.3, 0.4) is 0 Å². The van der Waals surface area contributed by atoms with E-state index in [0.29, 0.717) is 16.8 Å². The van der Waals surface area contributed by atoms with Crippen LogP contribution in [0.15, 0.2) is 47.4 Å². The zero-order chi connectivity index (χ0) is 16.6. The van der Waals surface area contributed by atoms with Crippen molar-refractivity contribution >= 4 is 29.1 Å². The Labute approximate surface area is 138 Å². The van der Waals surface area contributed by atoms with Crippen LogP contribution in [-0.4, -0.2) is 16.9 Å². The lowest BCUT2D eigenvalue weighted by atomic mass is 10.1. The number of thioether (sulfide) groups is 1. The number of ketones is 1. The van der Waals surface area contributed by atoms with Crippen molar-refractivity contribution in [3.8, 4) is 0 Å². The van der Waals surface area contributed by atoms with Gasteiger partial charge in [-0.05, 0) is 32.0 Å². The Balaban J connectivity index is 2.05. The van der Waals surface area contributed by atoms with Crippen molar-refractivity contribution in [1.29, 1.82) is 0 Å². The van der Waals surface area contributed by atoms with Crippen LogP contribution in [0.25, 0.3) is 0 Å². The fourth-order valence-electron chi connectivity index (χ4n) is 2.59. The van der Waals surface area contributed by atoms with E-state index in [0.717, 1.165) is 4.90 Å². The Bertz CT molecular complexity index is 790. The molecule has 1 heterocycles. The summed E-state index contributed by atoms with van der Waals surface area (Å²) in [5, 5.41) is -0.238. The predicted molar refractivity (Wildman–Crippen MR) is 89.4 cm³/mol. The number of hydrogen-bond donors (Lipinski definition) is 0. The molecule has 2 aromatic rings. The van der Waals surface area contributed by atoms with Crippen LogP contribution in [0.1, 0.15) is 29.8 Å². The van der Waals surface area contributed by atoms with E-state index in [9.17, 15) is 14.0 Å². The van der Waals surface area contributed by atoms with Crippen molar-refractivity contribution in [2.75, 3.05) is 4.90 Å². The van der Waals surface area contributed by atoms with E-state index in [1.807, 2.05) is 13.0 Å². The first kappa shape index (κ1) is 15.7. The SMILES string of the molecule is CC(=O)c1ccc2c(c1)N(Cc1ccccc1F)C(=O)C(C)S2. The molecule has 23 heavy (non-hydrogen) atoms. The van der Waals surface area contributed by atoms with Gasteiger partial charge in [0.15, 0.2) is 5.78 Å². The largest absolute Gasteiger partial charge is 0.306 e. The van der Waals surface area contributed by atoms with Crippen LogP contribution in [0.2, 0.25) is 0 Å². The molecule has 0 radical (unpaired) electrons. The molecule has 0 fully saturated rings. The molecule has 1 aliphatic heterocycles. The van der Waals surface area contributed by atoms with E-state index < -0.39 is 0 Å². The molecule has 2 aromatic carbocycles. The number of rotatable bonds is 3. The van der Waals surface area contributed by atoms with Crippen LogP contribution in [-0.2, 0) is 11.3 Å². The lowest BCUT2D eigenvalue weighted by molar-refractivity contribution is -0.118. The predicted octanol–water partition coefficient (Wildman–Crippen LogP) is 4.06. The van der Waals surface area contributed by atoms with Gasteiger partial charge in [0.2, 0.25) is 5.91 Å². The van der Waals surface area contributed by atoms with Gasteiger partial charge < -0.3 is 4.90 Å². The Morgan fingerprint density at radius 2 is 2.00 bits per heavy atom. The Morgan fingerprint density at radius 3 is 2.70 bits per heavy atom. The van der Waals surface area contributed by atoms with Gasteiger partial charge in [0.1, 0.15) is 5.82 Å². The molecule has 3 nitrogen and oxygen atoms in total. The normalized spacial score (nSPS) is 17.1. The van der Waals surface area contributed by atoms with E-state index in [2.05, 4.69) is 0 Å². The molecule has 1 aliphatic rings. The molecule has 3 rings (SSSR count).